The molecule has 0 bridgehead atoms. The Labute approximate surface area is 94.7 Å². The Hall–Kier alpha value is -2.02. The number of benzene rings is 1. The fourth-order valence-corrected chi connectivity index (χ4v) is 1.46. The van der Waals surface area contributed by atoms with Crippen LogP contribution in [0.5, 0.6) is 0 Å². The van der Waals surface area contributed by atoms with Crippen molar-refractivity contribution < 1.29 is 9.90 Å². The van der Waals surface area contributed by atoms with Crippen LogP contribution < -0.4 is 4.90 Å². The molecule has 0 spiro atoms. The van der Waals surface area contributed by atoms with Gasteiger partial charge in [-0.2, -0.15) is 5.26 Å². The summed E-state index contributed by atoms with van der Waals surface area (Å²) in [5.74, 6) is -0.836. The van der Waals surface area contributed by atoms with Gasteiger partial charge in [-0.05, 0) is 24.6 Å². The topological polar surface area (TPSA) is 64.3 Å². The van der Waals surface area contributed by atoms with Crippen LogP contribution in [0.25, 0.3) is 0 Å². The number of hydrogen-bond acceptors (Lipinski definition) is 3. The first kappa shape index (κ1) is 12.1. The van der Waals surface area contributed by atoms with E-state index in [9.17, 15) is 4.79 Å². The maximum absolute atomic E-state index is 10.5. The number of anilines is 1. The smallest absolute Gasteiger partial charge is 0.305 e. The number of nitrogens with zero attached hydrogens (tertiary/aromatic N) is 2. The predicted molar refractivity (Wildman–Crippen MR) is 61.4 cm³/mol. The molecule has 0 aromatic heterocycles. The molecule has 4 heteroatoms. The lowest BCUT2D eigenvalue weighted by Crippen LogP contribution is -2.21. The minimum Gasteiger partial charge on any atom is -0.481 e. The lowest BCUT2D eigenvalue weighted by Gasteiger charge is -2.19. The molecule has 0 aliphatic heterocycles. The number of aliphatic carboxylic acids is 1. The van der Waals surface area contributed by atoms with Crippen molar-refractivity contribution in [3.8, 4) is 6.07 Å². The highest BCUT2D eigenvalue weighted by molar-refractivity contribution is 5.68. The largest absolute Gasteiger partial charge is 0.481 e. The molecule has 84 valence electrons. The second kappa shape index (κ2) is 5.17. The predicted octanol–water partition coefficient (Wildman–Crippen LogP) is 1.78. The van der Waals surface area contributed by atoms with E-state index in [1.807, 2.05) is 19.1 Å². The highest BCUT2D eigenvalue weighted by Gasteiger charge is 2.08. The zero-order valence-corrected chi connectivity index (χ0v) is 9.40. The van der Waals surface area contributed by atoms with Crippen LogP contribution in [0.15, 0.2) is 18.2 Å². The van der Waals surface area contributed by atoms with Crippen molar-refractivity contribution in [3.05, 3.63) is 29.3 Å². The van der Waals surface area contributed by atoms with E-state index in [1.54, 1.807) is 18.0 Å². The summed E-state index contributed by atoms with van der Waals surface area (Å²) in [5, 5.41) is 17.6. The lowest BCUT2D eigenvalue weighted by molar-refractivity contribution is -0.136. The Balaban J connectivity index is 2.87. The van der Waals surface area contributed by atoms with Crippen molar-refractivity contribution in [1.82, 2.24) is 0 Å². The van der Waals surface area contributed by atoms with Gasteiger partial charge in [-0.15, -0.1) is 0 Å². The summed E-state index contributed by atoms with van der Waals surface area (Å²) in [7, 11) is 1.79. The summed E-state index contributed by atoms with van der Waals surface area (Å²) in [5.41, 5.74) is 2.37. The number of aryl methyl sites for hydroxylation is 1. The zero-order valence-electron chi connectivity index (χ0n) is 9.40. The molecule has 0 aliphatic rings. The fraction of sp³-hybridized carbons (Fsp3) is 0.333. The van der Waals surface area contributed by atoms with Crippen LogP contribution in [0.4, 0.5) is 5.69 Å². The number of carboxylic acid groups (broad SMARTS) is 1. The van der Waals surface area contributed by atoms with Crippen molar-refractivity contribution in [2.45, 2.75) is 13.3 Å². The standard InChI is InChI=1S/C12H14N2O2/c1-9-3-4-11(10(7-9)8-13)14(2)6-5-12(15)16/h3-4,7H,5-6H2,1-2H3,(H,15,16). The Kier molecular flexibility index (Phi) is 3.90. The molecule has 0 unspecified atom stereocenters. The van der Waals surface area contributed by atoms with Crippen molar-refractivity contribution in [2.75, 3.05) is 18.5 Å². The number of hydrogen-bond donors (Lipinski definition) is 1. The molecule has 1 N–H and O–H groups in total. The SMILES string of the molecule is Cc1ccc(N(C)CCC(=O)O)c(C#N)c1. The maximum Gasteiger partial charge on any atom is 0.305 e. The van der Waals surface area contributed by atoms with Crippen molar-refractivity contribution in [1.29, 1.82) is 5.26 Å². The number of nitriles is 1. The first-order valence-electron chi connectivity index (χ1n) is 4.98. The average molecular weight is 218 g/mol. The molecule has 1 aromatic carbocycles. The second-order valence-electron chi connectivity index (χ2n) is 3.70. The van der Waals surface area contributed by atoms with Crippen LogP contribution in [0, 0.1) is 18.3 Å². The average Bonchev–Trinajstić information content (AvgIpc) is 2.25. The van der Waals surface area contributed by atoms with Gasteiger partial charge in [0.25, 0.3) is 0 Å². The highest BCUT2D eigenvalue weighted by Crippen LogP contribution is 2.20. The summed E-state index contributed by atoms with van der Waals surface area (Å²) in [6.45, 7) is 2.31. The molecule has 0 radical (unpaired) electrons. The molecule has 0 amide bonds. The highest BCUT2D eigenvalue weighted by atomic mass is 16.4. The third kappa shape index (κ3) is 2.99. The van der Waals surface area contributed by atoms with E-state index < -0.39 is 5.97 Å². The molecule has 4 nitrogen and oxygen atoms in total. The van der Waals surface area contributed by atoms with E-state index in [0.29, 0.717) is 12.1 Å². The van der Waals surface area contributed by atoms with Gasteiger partial charge in [0.2, 0.25) is 0 Å². The third-order valence-corrected chi connectivity index (χ3v) is 2.34. The molecule has 0 atom stereocenters. The molecule has 0 saturated heterocycles. The number of carbonyl (C=O) groups is 1. The van der Waals surface area contributed by atoms with Crippen LogP contribution in [0.2, 0.25) is 0 Å². The van der Waals surface area contributed by atoms with E-state index in [2.05, 4.69) is 6.07 Å². The minimum atomic E-state index is -0.836. The molecular weight excluding hydrogens is 204 g/mol. The van der Waals surface area contributed by atoms with Gasteiger partial charge in [0.1, 0.15) is 6.07 Å². The molecule has 0 aliphatic carbocycles. The molecule has 1 rings (SSSR count). The summed E-state index contributed by atoms with van der Waals surface area (Å²) in [6.07, 6.45) is 0.0647. The van der Waals surface area contributed by atoms with Crippen LogP contribution in [0.1, 0.15) is 17.5 Å². The van der Waals surface area contributed by atoms with Crippen molar-refractivity contribution >= 4 is 11.7 Å². The molecule has 1 aromatic rings. The normalized spacial score (nSPS) is 9.56. The first-order valence-corrected chi connectivity index (χ1v) is 4.98. The minimum absolute atomic E-state index is 0.0647. The van der Waals surface area contributed by atoms with Gasteiger partial charge < -0.3 is 10.0 Å². The molecule has 0 heterocycles. The van der Waals surface area contributed by atoms with E-state index in [-0.39, 0.29) is 6.42 Å². The Bertz CT molecular complexity index is 435. The van der Waals surface area contributed by atoms with E-state index in [0.717, 1.165) is 11.3 Å². The molecule has 0 fully saturated rings. The second-order valence-corrected chi connectivity index (χ2v) is 3.70. The first-order chi connectivity index (χ1) is 7.54. The lowest BCUT2D eigenvalue weighted by atomic mass is 10.1. The quantitative estimate of drug-likeness (QED) is 0.836. The van der Waals surface area contributed by atoms with Crippen LogP contribution in [-0.4, -0.2) is 24.7 Å². The van der Waals surface area contributed by atoms with Crippen molar-refractivity contribution in [3.63, 3.8) is 0 Å². The van der Waals surface area contributed by atoms with E-state index in [1.165, 1.54) is 0 Å². The van der Waals surface area contributed by atoms with Crippen LogP contribution in [0.3, 0.4) is 0 Å². The third-order valence-electron chi connectivity index (χ3n) is 2.34. The Morgan fingerprint density at radius 1 is 1.56 bits per heavy atom. The van der Waals surface area contributed by atoms with Gasteiger partial charge >= 0.3 is 5.97 Å². The molecule has 16 heavy (non-hydrogen) atoms. The van der Waals surface area contributed by atoms with Gasteiger partial charge in [0.05, 0.1) is 17.7 Å². The van der Waals surface area contributed by atoms with Gasteiger partial charge in [-0.3, -0.25) is 4.79 Å². The van der Waals surface area contributed by atoms with Gasteiger partial charge in [-0.25, -0.2) is 0 Å². The van der Waals surface area contributed by atoms with E-state index >= 15 is 0 Å². The van der Waals surface area contributed by atoms with Gasteiger partial charge in [-0.1, -0.05) is 6.07 Å². The summed E-state index contributed by atoms with van der Waals surface area (Å²) < 4.78 is 0. The van der Waals surface area contributed by atoms with Crippen LogP contribution in [-0.2, 0) is 4.79 Å². The zero-order chi connectivity index (χ0) is 12.1. The van der Waals surface area contributed by atoms with E-state index in [4.69, 9.17) is 10.4 Å². The summed E-state index contributed by atoms with van der Waals surface area (Å²) >= 11 is 0. The number of carboxylic acids is 1. The fourth-order valence-electron chi connectivity index (χ4n) is 1.46. The van der Waals surface area contributed by atoms with Crippen LogP contribution >= 0.6 is 0 Å². The monoisotopic (exact) mass is 218 g/mol. The Morgan fingerprint density at radius 2 is 2.25 bits per heavy atom. The number of rotatable bonds is 4. The molecular formula is C12H14N2O2. The Morgan fingerprint density at radius 3 is 2.81 bits per heavy atom. The summed E-state index contributed by atoms with van der Waals surface area (Å²) in [6, 6.07) is 7.67. The summed E-state index contributed by atoms with van der Waals surface area (Å²) in [4.78, 5) is 12.2. The van der Waals surface area contributed by atoms with Gasteiger partial charge in [0, 0.05) is 13.6 Å². The molecule has 0 saturated carbocycles. The van der Waals surface area contributed by atoms with Gasteiger partial charge in [0.15, 0.2) is 0 Å². The van der Waals surface area contributed by atoms with Crippen molar-refractivity contribution in [2.24, 2.45) is 0 Å². The maximum atomic E-state index is 10.5.